The molecule has 4 aromatic rings. The van der Waals surface area contributed by atoms with E-state index in [2.05, 4.69) is 72.2 Å². The molecule has 0 saturated carbocycles. The van der Waals surface area contributed by atoms with Crippen molar-refractivity contribution in [3.8, 4) is 17.2 Å². The quantitative estimate of drug-likeness (QED) is 0.461. The Morgan fingerprint density at radius 1 is 1.19 bits per heavy atom. The fraction of sp³-hybridized carbons (Fsp3) is 0.308. The van der Waals surface area contributed by atoms with Gasteiger partial charge >= 0.3 is 0 Å². The van der Waals surface area contributed by atoms with E-state index in [1.165, 1.54) is 5.69 Å². The molecule has 0 unspecified atom stereocenters. The second-order valence-electron chi connectivity index (χ2n) is 8.42. The predicted molar refractivity (Wildman–Crippen MR) is 125 cm³/mol. The molecule has 5 rings (SSSR count). The summed E-state index contributed by atoms with van der Waals surface area (Å²) in [6, 6.07) is 17.4. The first-order valence-electron chi connectivity index (χ1n) is 10.9. The van der Waals surface area contributed by atoms with E-state index in [0.717, 1.165) is 53.4 Å². The van der Waals surface area contributed by atoms with E-state index in [9.17, 15) is 5.26 Å². The number of likely N-dealkylation sites (N-methyl/N-ethyl adjacent to an activating group) is 1. The smallest absolute Gasteiger partial charge is 0.227 e. The Morgan fingerprint density at radius 3 is 2.68 bits per heavy atom. The Labute approximate surface area is 182 Å². The van der Waals surface area contributed by atoms with Gasteiger partial charge in [0.05, 0.1) is 22.0 Å². The molecular weight excluding hydrogens is 384 g/mol. The highest BCUT2D eigenvalue weighted by Crippen LogP contribution is 2.47. The highest BCUT2D eigenvalue weighted by atomic mass is 16.3. The van der Waals surface area contributed by atoms with Crippen molar-refractivity contribution in [2.45, 2.75) is 25.8 Å². The van der Waals surface area contributed by atoms with Gasteiger partial charge in [-0.1, -0.05) is 37.3 Å². The van der Waals surface area contributed by atoms with Crippen LogP contribution in [0, 0.1) is 11.3 Å². The Bertz CT molecular complexity index is 1300. The molecule has 1 fully saturated rings. The molecule has 0 bridgehead atoms. The number of aromatic nitrogens is 1. The van der Waals surface area contributed by atoms with Gasteiger partial charge in [-0.05, 0) is 50.2 Å². The molecule has 1 aliphatic heterocycles. The topological polar surface area (TPSA) is 56.3 Å². The van der Waals surface area contributed by atoms with Crippen LogP contribution in [0.3, 0.4) is 0 Å². The van der Waals surface area contributed by atoms with E-state index in [0.29, 0.717) is 22.9 Å². The molecule has 156 valence electrons. The third kappa shape index (κ3) is 3.07. The molecule has 0 radical (unpaired) electrons. The van der Waals surface area contributed by atoms with E-state index >= 15 is 0 Å². The summed E-state index contributed by atoms with van der Waals surface area (Å²) < 4.78 is 6.21. The lowest BCUT2D eigenvalue weighted by Gasteiger charge is -2.27. The lowest BCUT2D eigenvalue weighted by Crippen LogP contribution is -2.31. The lowest BCUT2D eigenvalue weighted by atomic mass is 9.89. The third-order valence-electron chi connectivity index (χ3n) is 6.51. The number of furan rings is 1. The van der Waals surface area contributed by atoms with Crippen molar-refractivity contribution in [3.05, 3.63) is 59.8 Å². The van der Waals surface area contributed by atoms with Gasteiger partial charge < -0.3 is 14.2 Å². The summed E-state index contributed by atoms with van der Waals surface area (Å²) in [5.74, 6) is 0. The second kappa shape index (κ2) is 7.72. The molecule has 0 amide bonds. The summed E-state index contributed by atoms with van der Waals surface area (Å²) in [5.41, 5.74) is 6.39. The molecule has 0 spiro atoms. The standard InChI is InChI=1S/C26H26N4O/c1-4-19-21(15-27)25-23(20-11-8-13-28-26(20)31-25)24(22(19)17-9-6-5-7-10-17)30-14-12-18(16-30)29(2)3/h5-11,13,18H,4,12,14,16H2,1-3H3/t18-/m0/s1. The summed E-state index contributed by atoms with van der Waals surface area (Å²) in [6.07, 6.45) is 3.61. The number of nitrogens with zero attached hydrogens (tertiary/aromatic N) is 4. The molecule has 5 nitrogen and oxygen atoms in total. The average molecular weight is 411 g/mol. The Hall–Kier alpha value is -3.36. The first-order valence-corrected chi connectivity index (χ1v) is 10.9. The monoisotopic (exact) mass is 410 g/mol. The molecule has 0 N–H and O–H groups in total. The Morgan fingerprint density at radius 2 is 2.00 bits per heavy atom. The fourth-order valence-electron chi connectivity index (χ4n) is 4.94. The van der Waals surface area contributed by atoms with E-state index in [1.54, 1.807) is 6.20 Å². The van der Waals surface area contributed by atoms with Gasteiger partial charge in [0.2, 0.25) is 5.71 Å². The zero-order valence-electron chi connectivity index (χ0n) is 18.2. The van der Waals surface area contributed by atoms with E-state index < -0.39 is 0 Å². The van der Waals surface area contributed by atoms with Crippen LogP contribution in [-0.4, -0.2) is 43.1 Å². The summed E-state index contributed by atoms with van der Waals surface area (Å²) in [7, 11) is 4.30. The van der Waals surface area contributed by atoms with Gasteiger partial charge in [0.15, 0.2) is 5.58 Å². The number of benzene rings is 2. The van der Waals surface area contributed by atoms with Gasteiger partial charge in [-0.3, -0.25) is 0 Å². The number of pyridine rings is 1. The maximum Gasteiger partial charge on any atom is 0.227 e. The summed E-state index contributed by atoms with van der Waals surface area (Å²) >= 11 is 0. The zero-order valence-corrected chi connectivity index (χ0v) is 18.2. The molecule has 31 heavy (non-hydrogen) atoms. The number of hydrogen-bond donors (Lipinski definition) is 0. The molecule has 1 atom stereocenters. The lowest BCUT2D eigenvalue weighted by molar-refractivity contribution is 0.315. The van der Waals surface area contributed by atoms with E-state index in [4.69, 9.17) is 4.42 Å². The second-order valence-corrected chi connectivity index (χ2v) is 8.42. The number of fused-ring (bicyclic) bond motifs is 3. The number of anilines is 1. The summed E-state index contributed by atoms with van der Waals surface area (Å²) in [5, 5.41) is 12.1. The van der Waals surface area contributed by atoms with Gasteiger partial charge in [0, 0.05) is 30.9 Å². The van der Waals surface area contributed by atoms with Crippen molar-refractivity contribution < 1.29 is 4.42 Å². The highest BCUT2D eigenvalue weighted by molar-refractivity contribution is 6.16. The van der Waals surface area contributed by atoms with Gasteiger partial charge in [-0.15, -0.1) is 0 Å². The van der Waals surface area contributed by atoms with Gasteiger partial charge in [-0.25, -0.2) is 4.98 Å². The Kier molecular flexibility index (Phi) is 4.88. The predicted octanol–water partition coefficient (Wildman–Crippen LogP) is 5.22. The minimum Gasteiger partial charge on any atom is -0.436 e. The van der Waals surface area contributed by atoms with Crippen LogP contribution >= 0.6 is 0 Å². The van der Waals surface area contributed by atoms with Crippen molar-refractivity contribution in [2.75, 3.05) is 32.1 Å². The third-order valence-corrected chi connectivity index (χ3v) is 6.51. The van der Waals surface area contributed by atoms with Crippen molar-refractivity contribution in [1.29, 1.82) is 5.26 Å². The van der Waals surface area contributed by atoms with Crippen LogP contribution in [0.2, 0.25) is 0 Å². The fourth-order valence-corrected chi connectivity index (χ4v) is 4.94. The number of hydrogen-bond acceptors (Lipinski definition) is 5. The molecule has 5 heteroatoms. The zero-order chi connectivity index (χ0) is 21.5. The van der Waals surface area contributed by atoms with Crippen molar-refractivity contribution in [1.82, 2.24) is 9.88 Å². The average Bonchev–Trinajstić information content (AvgIpc) is 3.43. The number of rotatable bonds is 4. The van der Waals surface area contributed by atoms with Crippen molar-refractivity contribution in [2.24, 2.45) is 0 Å². The van der Waals surface area contributed by atoms with Crippen LogP contribution < -0.4 is 4.90 Å². The molecule has 2 aromatic carbocycles. The molecule has 3 heterocycles. The highest BCUT2D eigenvalue weighted by Gasteiger charge is 2.32. The number of nitriles is 1. The van der Waals surface area contributed by atoms with Gasteiger partial charge in [0.1, 0.15) is 6.07 Å². The minimum absolute atomic E-state index is 0.496. The summed E-state index contributed by atoms with van der Waals surface area (Å²) in [6.45, 7) is 4.04. The van der Waals surface area contributed by atoms with Crippen LogP contribution in [0.4, 0.5) is 5.69 Å². The van der Waals surface area contributed by atoms with Crippen LogP contribution in [0.1, 0.15) is 24.5 Å². The van der Waals surface area contributed by atoms with E-state index in [1.807, 2.05) is 12.1 Å². The summed E-state index contributed by atoms with van der Waals surface area (Å²) in [4.78, 5) is 9.25. The van der Waals surface area contributed by atoms with Crippen LogP contribution in [0.5, 0.6) is 0 Å². The van der Waals surface area contributed by atoms with Crippen LogP contribution in [0.25, 0.3) is 33.2 Å². The SMILES string of the molecule is CCc1c(-c2ccccc2)c(N2CC[C@H](N(C)C)C2)c2c(oc3ncccc32)c1C#N. The van der Waals surface area contributed by atoms with Gasteiger partial charge in [0.25, 0.3) is 0 Å². The van der Waals surface area contributed by atoms with Crippen molar-refractivity contribution in [3.63, 3.8) is 0 Å². The van der Waals surface area contributed by atoms with Crippen LogP contribution in [-0.2, 0) is 6.42 Å². The molecule has 2 aromatic heterocycles. The van der Waals surface area contributed by atoms with Crippen LogP contribution in [0.15, 0.2) is 53.1 Å². The largest absolute Gasteiger partial charge is 0.436 e. The normalized spacial score (nSPS) is 16.5. The first kappa shape index (κ1) is 19.6. The van der Waals surface area contributed by atoms with E-state index in [-0.39, 0.29) is 0 Å². The first-order chi connectivity index (χ1) is 15.1. The minimum atomic E-state index is 0.496. The molecule has 1 aliphatic rings. The molecule has 1 saturated heterocycles. The van der Waals surface area contributed by atoms with Crippen molar-refractivity contribution >= 4 is 27.8 Å². The molecule has 0 aliphatic carbocycles. The Balaban J connectivity index is 1.93. The van der Waals surface area contributed by atoms with Gasteiger partial charge in [-0.2, -0.15) is 5.26 Å². The molecular formula is C26H26N4O. The maximum atomic E-state index is 10.2. The maximum absolute atomic E-state index is 10.2.